The van der Waals surface area contributed by atoms with Crippen molar-refractivity contribution in [1.29, 1.82) is 0 Å². The van der Waals surface area contributed by atoms with Gasteiger partial charge in [-0.25, -0.2) is 0 Å². The average molecular weight is 401 g/mol. The normalized spacial score (nSPS) is 11.2. The molecule has 3 aromatic rings. The Morgan fingerprint density at radius 2 is 1.68 bits per heavy atom. The lowest BCUT2D eigenvalue weighted by Crippen LogP contribution is -2.30. The Bertz CT molecular complexity index is 882. The molecule has 6 nitrogen and oxygen atoms in total. The van der Waals surface area contributed by atoms with Gasteiger partial charge in [0.15, 0.2) is 5.76 Å². The third-order valence-electron chi connectivity index (χ3n) is 3.17. The molecule has 3 rings (SSSR count). The van der Waals surface area contributed by atoms with E-state index in [2.05, 4.69) is 26.6 Å². The molecule has 0 aliphatic rings. The van der Waals surface area contributed by atoms with Crippen molar-refractivity contribution in [2.45, 2.75) is 0 Å². The van der Waals surface area contributed by atoms with Crippen molar-refractivity contribution in [1.82, 2.24) is 5.32 Å². The molecular formula is C18H13BrN2O4. The van der Waals surface area contributed by atoms with Gasteiger partial charge in [-0.15, -0.1) is 0 Å². The van der Waals surface area contributed by atoms with Gasteiger partial charge in [-0.3, -0.25) is 9.59 Å². The number of rotatable bonds is 5. The van der Waals surface area contributed by atoms with Crippen molar-refractivity contribution in [2.75, 3.05) is 5.32 Å². The minimum Gasteiger partial charge on any atom is -0.465 e. The second-order valence-electron chi connectivity index (χ2n) is 4.97. The predicted octanol–water partition coefficient (Wildman–Crippen LogP) is 4.04. The summed E-state index contributed by atoms with van der Waals surface area (Å²) in [5.41, 5.74) is 0.616. The second kappa shape index (κ2) is 7.67. The summed E-state index contributed by atoms with van der Waals surface area (Å²) in [5, 5.41) is 5.25. The van der Waals surface area contributed by atoms with Crippen LogP contribution in [0.1, 0.15) is 16.3 Å². The van der Waals surface area contributed by atoms with Crippen LogP contribution in [0.5, 0.6) is 0 Å². The Labute approximate surface area is 151 Å². The van der Waals surface area contributed by atoms with Crippen molar-refractivity contribution < 1.29 is 18.4 Å². The fourth-order valence-corrected chi connectivity index (χ4v) is 2.26. The SMILES string of the molecule is O=C(Nc1ccc(Br)cc1)C(=Cc1ccco1)NC(=O)c1ccco1. The molecule has 7 heteroatoms. The number of anilines is 1. The summed E-state index contributed by atoms with van der Waals surface area (Å²) in [6.45, 7) is 0. The number of hydrogen-bond acceptors (Lipinski definition) is 4. The number of carbonyl (C=O) groups excluding carboxylic acids is 2. The highest BCUT2D eigenvalue weighted by atomic mass is 79.9. The molecule has 0 saturated heterocycles. The fraction of sp³-hybridized carbons (Fsp3) is 0. The lowest BCUT2D eigenvalue weighted by atomic mass is 10.2. The van der Waals surface area contributed by atoms with Crippen molar-refractivity contribution in [3.8, 4) is 0 Å². The van der Waals surface area contributed by atoms with Gasteiger partial charge in [-0.2, -0.15) is 0 Å². The van der Waals surface area contributed by atoms with E-state index in [0.29, 0.717) is 11.4 Å². The van der Waals surface area contributed by atoms with Crippen LogP contribution in [0.25, 0.3) is 6.08 Å². The molecule has 2 heterocycles. The maximum atomic E-state index is 12.6. The van der Waals surface area contributed by atoms with Gasteiger partial charge in [-0.1, -0.05) is 15.9 Å². The first kappa shape index (κ1) is 16.8. The van der Waals surface area contributed by atoms with Crippen LogP contribution in [0, 0.1) is 0 Å². The summed E-state index contributed by atoms with van der Waals surface area (Å²) in [6.07, 6.45) is 4.30. The zero-order valence-electron chi connectivity index (χ0n) is 12.9. The van der Waals surface area contributed by atoms with Crippen LogP contribution in [-0.4, -0.2) is 11.8 Å². The third kappa shape index (κ3) is 4.48. The van der Waals surface area contributed by atoms with Gasteiger partial charge >= 0.3 is 0 Å². The zero-order valence-corrected chi connectivity index (χ0v) is 14.4. The van der Waals surface area contributed by atoms with Gasteiger partial charge in [-0.05, 0) is 48.5 Å². The highest BCUT2D eigenvalue weighted by molar-refractivity contribution is 9.10. The zero-order chi connectivity index (χ0) is 17.6. The molecule has 126 valence electrons. The maximum Gasteiger partial charge on any atom is 0.291 e. The molecule has 0 aliphatic carbocycles. The lowest BCUT2D eigenvalue weighted by Gasteiger charge is -2.10. The smallest absolute Gasteiger partial charge is 0.291 e. The maximum absolute atomic E-state index is 12.6. The van der Waals surface area contributed by atoms with Crippen LogP contribution >= 0.6 is 15.9 Å². The Morgan fingerprint density at radius 1 is 0.960 bits per heavy atom. The highest BCUT2D eigenvalue weighted by Crippen LogP contribution is 2.15. The van der Waals surface area contributed by atoms with Crippen molar-refractivity contribution in [3.63, 3.8) is 0 Å². The van der Waals surface area contributed by atoms with Gasteiger partial charge in [0, 0.05) is 16.2 Å². The van der Waals surface area contributed by atoms with E-state index in [4.69, 9.17) is 8.83 Å². The van der Waals surface area contributed by atoms with E-state index in [9.17, 15) is 9.59 Å². The van der Waals surface area contributed by atoms with Gasteiger partial charge in [0.05, 0.1) is 12.5 Å². The summed E-state index contributed by atoms with van der Waals surface area (Å²) in [6, 6.07) is 13.5. The molecule has 2 amide bonds. The first-order valence-corrected chi connectivity index (χ1v) is 8.08. The number of benzene rings is 1. The number of nitrogens with one attached hydrogen (secondary N) is 2. The third-order valence-corrected chi connectivity index (χ3v) is 3.70. The Hall–Kier alpha value is -3.06. The molecule has 25 heavy (non-hydrogen) atoms. The molecular weight excluding hydrogens is 388 g/mol. The number of hydrogen-bond donors (Lipinski definition) is 2. The molecule has 0 atom stereocenters. The van der Waals surface area contributed by atoms with Crippen LogP contribution in [-0.2, 0) is 4.79 Å². The number of furan rings is 2. The average Bonchev–Trinajstić information content (AvgIpc) is 3.29. The summed E-state index contributed by atoms with van der Waals surface area (Å²) in [5.74, 6) is -0.491. The lowest BCUT2D eigenvalue weighted by molar-refractivity contribution is -0.113. The van der Waals surface area contributed by atoms with E-state index in [0.717, 1.165) is 4.47 Å². The van der Waals surface area contributed by atoms with Crippen LogP contribution in [0.3, 0.4) is 0 Å². The molecule has 0 spiro atoms. The van der Waals surface area contributed by atoms with E-state index >= 15 is 0 Å². The number of carbonyl (C=O) groups is 2. The molecule has 0 unspecified atom stereocenters. The molecule has 0 aliphatic heterocycles. The van der Waals surface area contributed by atoms with E-state index in [-0.39, 0.29) is 11.5 Å². The van der Waals surface area contributed by atoms with E-state index < -0.39 is 11.8 Å². The van der Waals surface area contributed by atoms with E-state index in [1.807, 2.05) is 0 Å². The van der Waals surface area contributed by atoms with Crippen molar-refractivity contribution in [2.24, 2.45) is 0 Å². The summed E-state index contributed by atoms with van der Waals surface area (Å²) in [4.78, 5) is 24.7. The van der Waals surface area contributed by atoms with Crippen LogP contribution in [0.15, 0.2) is 80.1 Å². The number of amides is 2. The molecule has 0 saturated carbocycles. The minimum atomic E-state index is -0.534. The molecule has 2 aromatic heterocycles. The van der Waals surface area contributed by atoms with E-state index in [1.54, 1.807) is 42.5 Å². The molecule has 0 radical (unpaired) electrons. The molecule has 1 aromatic carbocycles. The van der Waals surface area contributed by atoms with Gasteiger partial charge in [0.25, 0.3) is 11.8 Å². The van der Waals surface area contributed by atoms with Gasteiger partial charge < -0.3 is 19.5 Å². The first-order valence-electron chi connectivity index (χ1n) is 7.29. The van der Waals surface area contributed by atoms with Crippen LogP contribution in [0.2, 0.25) is 0 Å². The summed E-state index contributed by atoms with van der Waals surface area (Å²) in [7, 11) is 0. The quantitative estimate of drug-likeness (QED) is 0.632. The Morgan fingerprint density at radius 3 is 2.32 bits per heavy atom. The molecule has 0 bridgehead atoms. The highest BCUT2D eigenvalue weighted by Gasteiger charge is 2.17. The first-order chi connectivity index (χ1) is 12.1. The predicted molar refractivity (Wildman–Crippen MR) is 95.6 cm³/mol. The fourth-order valence-electron chi connectivity index (χ4n) is 2.00. The topological polar surface area (TPSA) is 84.5 Å². The van der Waals surface area contributed by atoms with Gasteiger partial charge in [0.2, 0.25) is 0 Å². The molecule has 2 N–H and O–H groups in total. The number of halogens is 1. The van der Waals surface area contributed by atoms with Crippen LogP contribution < -0.4 is 10.6 Å². The van der Waals surface area contributed by atoms with Crippen molar-refractivity contribution >= 4 is 39.5 Å². The Kier molecular flexibility index (Phi) is 5.15. The van der Waals surface area contributed by atoms with Gasteiger partial charge in [0.1, 0.15) is 11.5 Å². The van der Waals surface area contributed by atoms with Crippen molar-refractivity contribution in [3.05, 3.63) is 82.7 Å². The van der Waals surface area contributed by atoms with E-state index in [1.165, 1.54) is 24.7 Å². The monoisotopic (exact) mass is 400 g/mol. The van der Waals surface area contributed by atoms with Crippen LogP contribution in [0.4, 0.5) is 5.69 Å². The standard InChI is InChI=1S/C18H13BrN2O4/c19-12-5-7-13(8-6-12)20-17(22)15(11-14-3-1-9-24-14)21-18(23)16-4-2-10-25-16/h1-11H,(H,20,22)(H,21,23). The second-order valence-corrected chi connectivity index (χ2v) is 5.88. The summed E-state index contributed by atoms with van der Waals surface area (Å²) < 4.78 is 11.1. The summed E-state index contributed by atoms with van der Waals surface area (Å²) >= 11 is 3.33. The minimum absolute atomic E-state index is 0.0271. The Balaban J connectivity index is 1.81. The molecule has 0 fully saturated rings. The largest absolute Gasteiger partial charge is 0.465 e.